The van der Waals surface area contributed by atoms with E-state index in [1.165, 1.54) is 50.5 Å². The van der Waals surface area contributed by atoms with Crippen LogP contribution in [0.2, 0.25) is 0 Å². The van der Waals surface area contributed by atoms with E-state index in [0.29, 0.717) is 39.4 Å². The average molecular weight is 452 g/mol. The second-order valence-electron chi connectivity index (χ2n) is 14.8. The molecule has 0 saturated heterocycles. The van der Waals surface area contributed by atoms with E-state index in [9.17, 15) is 4.79 Å². The summed E-state index contributed by atoms with van der Waals surface area (Å²) in [7, 11) is 0. The van der Waals surface area contributed by atoms with Gasteiger partial charge in [-0.15, -0.1) is 0 Å². The standard InChI is InChI=1S/C31H49NO/c1-20(2)22-12-16-31(32-19-33)18-17-29(7)23(26(22)31)9-10-25-28(6)14-11-21(3)27(4,5)24(28)13-15-30(25,29)8/h21-26H,1,9-18H2,2-8H3/t21-,22-,23+,24-,25+,26+,28-,29+,30+,31-/m0/s1. The van der Waals surface area contributed by atoms with E-state index < -0.39 is 0 Å². The fraction of sp³-hybridized carbons (Fsp3) is 0.903. The fourth-order valence-electron chi connectivity index (χ4n) is 11.6. The predicted octanol–water partition coefficient (Wildman–Crippen LogP) is 8.37. The molecule has 0 bridgehead atoms. The van der Waals surface area contributed by atoms with Crippen molar-refractivity contribution in [3.05, 3.63) is 12.2 Å². The molecule has 2 nitrogen and oxygen atoms in total. The van der Waals surface area contributed by atoms with E-state index in [1.807, 2.05) is 6.08 Å². The largest absolute Gasteiger partial charge is 0.235 e. The molecule has 0 unspecified atom stereocenters. The number of fused-ring (bicyclic) bond motifs is 7. The summed E-state index contributed by atoms with van der Waals surface area (Å²) in [6, 6.07) is 0. The first-order valence-electron chi connectivity index (χ1n) is 14.1. The van der Waals surface area contributed by atoms with Crippen molar-refractivity contribution < 1.29 is 4.79 Å². The van der Waals surface area contributed by atoms with Gasteiger partial charge in [0.1, 0.15) is 0 Å². The highest BCUT2D eigenvalue weighted by Gasteiger charge is 2.70. The van der Waals surface area contributed by atoms with Gasteiger partial charge in [0.05, 0.1) is 5.54 Å². The Balaban J connectivity index is 1.56. The number of hydrogen-bond donors (Lipinski definition) is 0. The third-order valence-corrected chi connectivity index (χ3v) is 13.8. The second-order valence-corrected chi connectivity index (χ2v) is 14.8. The van der Waals surface area contributed by atoms with Gasteiger partial charge >= 0.3 is 0 Å². The number of carbonyl (C=O) groups excluding carboxylic acids is 1. The lowest BCUT2D eigenvalue weighted by Crippen LogP contribution is -2.66. The average Bonchev–Trinajstić information content (AvgIpc) is 3.12. The van der Waals surface area contributed by atoms with Gasteiger partial charge in [0, 0.05) is 0 Å². The Bertz CT molecular complexity index is 883. The van der Waals surface area contributed by atoms with Crippen molar-refractivity contribution in [1.29, 1.82) is 0 Å². The maximum atomic E-state index is 11.6. The highest BCUT2D eigenvalue weighted by atomic mass is 16.1. The smallest absolute Gasteiger partial charge is 0.211 e. The first-order chi connectivity index (χ1) is 15.4. The minimum Gasteiger partial charge on any atom is -0.211 e. The van der Waals surface area contributed by atoms with Gasteiger partial charge in [-0.25, -0.2) is 4.79 Å². The summed E-state index contributed by atoms with van der Waals surface area (Å²) in [6.07, 6.45) is 14.8. The number of rotatable bonds is 2. The van der Waals surface area contributed by atoms with E-state index in [0.717, 1.165) is 37.0 Å². The molecule has 0 aromatic rings. The maximum Gasteiger partial charge on any atom is 0.235 e. The molecule has 10 atom stereocenters. The molecule has 0 aliphatic heterocycles. The van der Waals surface area contributed by atoms with Gasteiger partial charge in [-0.1, -0.05) is 53.7 Å². The van der Waals surface area contributed by atoms with Crippen molar-refractivity contribution in [1.82, 2.24) is 0 Å². The van der Waals surface area contributed by atoms with Crippen LogP contribution < -0.4 is 0 Å². The highest BCUT2D eigenvalue weighted by molar-refractivity contribution is 5.37. The number of allylic oxidation sites excluding steroid dienone is 1. The van der Waals surface area contributed by atoms with Gasteiger partial charge in [-0.05, 0) is 128 Å². The number of hydrogen-bond acceptors (Lipinski definition) is 2. The summed E-state index contributed by atoms with van der Waals surface area (Å²) in [5.74, 6) is 4.17. The summed E-state index contributed by atoms with van der Waals surface area (Å²) in [6.45, 7) is 22.4. The van der Waals surface area contributed by atoms with Gasteiger partial charge in [0.25, 0.3) is 0 Å². The fourth-order valence-corrected chi connectivity index (χ4v) is 11.6. The quantitative estimate of drug-likeness (QED) is 0.235. The van der Waals surface area contributed by atoms with Crippen LogP contribution in [0.1, 0.15) is 113 Å². The summed E-state index contributed by atoms with van der Waals surface area (Å²) in [5, 5.41) is 0. The summed E-state index contributed by atoms with van der Waals surface area (Å²) < 4.78 is 0. The van der Waals surface area contributed by atoms with Crippen LogP contribution in [-0.2, 0) is 4.79 Å². The lowest BCUT2D eigenvalue weighted by atomic mass is 9.32. The molecule has 5 aliphatic rings. The van der Waals surface area contributed by atoms with E-state index in [2.05, 4.69) is 60.0 Å². The van der Waals surface area contributed by atoms with Crippen LogP contribution in [0.5, 0.6) is 0 Å². The molecule has 0 amide bonds. The second kappa shape index (κ2) is 7.32. The Morgan fingerprint density at radius 2 is 1.58 bits per heavy atom. The molecular weight excluding hydrogens is 402 g/mol. The van der Waals surface area contributed by atoms with Gasteiger partial charge < -0.3 is 0 Å². The van der Waals surface area contributed by atoms with Crippen molar-refractivity contribution in [2.45, 2.75) is 118 Å². The van der Waals surface area contributed by atoms with Crippen LogP contribution in [-0.4, -0.2) is 11.6 Å². The molecule has 0 heterocycles. The Kier molecular flexibility index (Phi) is 5.29. The Morgan fingerprint density at radius 3 is 2.24 bits per heavy atom. The van der Waals surface area contributed by atoms with Crippen molar-refractivity contribution in [3.63, 3.8) is 0 Å². The van der Waals surface area contributed by atoms with Crippen LogP contribution in [0, 0.1) is 57.2 Å². The van der Waals surface area contributed by atoms with Crippen LogP contribution >= 0.6 is 0 Å². The lowest BCUT2D eigenvalue weighted by molar-refractivity contribution is -0.235. The molecule has 5 rings (SSSR count). The highest BCUT2D eigenvalue weighted by Crippen LogP contribution is 2.77. The summed E-state index contributed by atoms with van der Waals surface area (Å²) in [5.41, 5.74) is 2.79. The predicted molar refractivity (Wildman–Crippen MR) is 137 cm³/mol. The molecule has 5 saturated carbocycles. The summed E-state index contributed by atoms with van der Waals surface area (Å²) in [4.78, 5) is 16.2. The summed E-state index contributed by atoms with van der Waals surface area (Å²) >= 11 is 0. The normalized spacial score (nSPS) is 54.8. The molecule has 0 N–H and O–H groups in total. The van der Waals surface area contributed by atoms with E-state index in [1.54, 1.807) is 0 Å². The minimum absolute atomic E-state index is 0.165. The van der Waals surface area contributed by atoms with Crippen molar-refractivity contribution in [3.8, 4) is 0 Å². The van der Waals surface area contributed by atoms with Gasteiger partial charge in [0.2, 0.25) is 6.08 Å². The van der Waals surface area contributed by atoms with Gasteiger partial charge in [-0.3, -0.25) is 0 Å². The molecular formula is C31H49NO. The molecule has 2 heteroatoms. The van der Waals surface area contributed by atoms with E-state index >= 15 is 0 Å². The van der Waals surface area contributed by atoms with Crippen molar-refractivity contribution in [2.24, 2.45) is 62.2 Å². The molecule has 0 aromatic carbocycles. The molecule has 5 fully saturated rings. The first kappa shape index (κ1) is 23.8. The Labute approximate surface area is 203 Å². The van der Waals surface area contributed by atoms with Crippen LogP contribution in [0.4, 0.5) is 0 Å². The first-order valence-corrected chi connectivity index (χ1v) is 14.1. The Hall–Kier alpha value is -0.880. The Morgan fingerprint density at radius 1 is 0.848 bits per heavy atom. The monoisotopic (exact) mass is 451 g/mol. The van der Waals surface area contributed by atoms with E-state index in [-0.39, 0.29) is 5.54 Å². The molecule has 0 radical (unpaired) electrons. The molecule has 5 aliphatic carbocycles. The van der Waals surface area contributed by atoms with Crippen LogP contribution in [0.3, 0.4) is 0 Å². The van der Waals surface area contributed by atoms with E-state index in [4.69, 9.17) is 0 Å². The number of nitrogens with zero attached hydrogens (tertiary/aromatic N) is 1. The number of aliphatic imine (C=N–C) groups is 1. The topological polar surface area (TPSA) is 29.4 Å². The minimum atomic E-state index is -0.165. The van der Waals surface area contributed by atoms with Gasteiger partial charge in [0.15, 0.2) is 0 Å². The zero-order chi connectivity index (χ0) is 24.0. The van der Waals surface area contributed by atoms with Crippen molar-refractivity contribution in [2.75, 3.05) is 0 Å². The third-order valence-electron chi connectivity index (χ3n) is 13.8. The number of isocyanates is 1. The SMILES string of the molecule is C=C(C)[C@@H]1CC[C@]2(N=C=O)CC[C@]3(C)[C@H](CC[C@@H]4[C@@]5(C)CC[C@H](C)C(C)(C)[C@@H]5CC[C@]43C)[C@@H]12. The molecule has 184 valence electrons. The molecule has 33 heavy (non-hydrogen) atoms. The zero-order valence-electron chi connectivity index (χ0n) is 22.6. The lowest BCUT2D eigenvalue weighted by Gasteiger charge is -2.72. The van der Waals surface area contributed by atoms with Crippen LogP contribution in [0.15, 0.2) is 17.1 Å². The maximum absolute atomic E-state index is 11.6. The van der Waals surface area contributed by atoms with Crippen molar-refractivity contribution >= 4 is 6.08 Å². The molecule has 0 spiro atoms. The third kappa shape index (κ3) is 2.86. The zero-order valence-corrected chi connectivity index (χ0v) is 22.6. The van der Waals surface area contributed by atoms with Crippen LogP contribution in [0.25, 0.3) is 0 Å². The van der Waals surface area contributed by atoms with Gasteiger partial charge in [-0.2, -0.15) is 4.99 Å². The molecule has 0 aromatic heterocycles.